The molecule has 2 rings (SSSR count). The van der Waals surface area contributed by atoms with Crippen LogP contribution in [0.5, 0.6) is 0 Å². The van der Waals surface area contributed by atoms with Gasteiger partial charge in [0.15, 0.2) is 9.84 Å². The van der Waals surface area contributed by atoms with Gasteiger partial charge in [0, 0.05) is 4.90 Å². The van der Waals surface area contributed by atoms with Crippen molar-refractivity contribution in [2.24, 2.45) is 0 Å². The summed E-state index contributed by atoms with van der Waals surface area (Å²) >= 11 is 1.54. The molecule has 2 N–H and O–H groups in total. The minimum atomic E-state index is -3.08. The van der Waals surface area contributed by atoms with Crippen LogP contribution in [0.3, 0.4) is 0 Å². The third kappa shape index (κ3) is 6.00. The Morgan fingerprint density at radius 3 is 2.50 bits per heavy atom. The summed E-state index contributed by atoms with van der Waals surface area (Å²) in [7, 11) is -1.41. The number of likely N-dealkylation sites (N-methyl/N-ethyl adjacent to an activating group) is 1. The molecule has 2 amide bonds. The van der Waals surface area contributed by atoms with E-state index in [2.05, 4.69) is 10.6 Å². The van der Waals surface area contributed by atoms with E-state index < -0.39 is 15.4 Å². The zero-order valence-electron chi connectivity index (χ0n) is 15.2. The van der Waals surface area contributed by atoms with Gasteiger partial charge in [-0.05, 0) is 38.8 Å². The summed E-state index contributed by atoms with van der Waals surface area (Å²) in [6.45, 7) is 1.82. The van der Waals surface area contributed by atoms with Crippen LogP contribution >= 0.6 is 11.8 Å². The van der Waals surface area contributed by atoms with Gasteiger partial charge in [0.05, 0.1) is 35.8 Å². The Labute approximate surface area is 158 Å². The number of nitrogens with zero attached hydrogens (tertiary/aromatic N) is 1. The van der Waals surface area contributed by atoms with Crippen LogP contribution < -0.4 is 10.6 Å². The average Bonchev–Trinajstić information content (AvgIpc) is 2.80. The van der Waals surface area contributed by atoms with E-state index in [0.717, 1.165) is 10.6 Å². The molecular weight excluding hydrogens is 374 g/mol. The molecule has 0 unspecified atom stereocenters. The SMILES string of the molecule is CSc1ccccc1NC(=O)CN(C)CC(=O)N[C@]1(C)CCS(=O)(=O)C1. The molecule has 1 heterocycles. The first kappa shape index (κ1) is 20.7. The van der Waals surface area contributed by atoms with E-state index in [-0.39, 0.29) is 36.4 Å². The van der Waals surface area contributed by atoms with Crippen molar-refractivity contribution in [3.8, 4) is 0 Å². The fraction of sp³-hybridized carbons (Fsp3) is 0.529. The van der Waals surface area contributed by atoms with E-state index in [9.17, 15) is 18.0 Å². The van der Waals surface area contributed by atoms with Crippen LogP contribution in [-0.2, 0) is 19.4 Å². The first-order chi connectivity index (χ1) is 12.1. The average molecular weight is 400 g/mol. The lowest BCUT2D eigenvalue weighted by Gasteiger charge is -2.25. The van der Waals surface area contributed by atoms with Gasteiger partial charge in [-0.2, -0.15) is 0 Å². The van der Waals surface area contributed by atoms with E-state index in [1.807, 2.05) is 30.5 Å². The minimum absolute atomic E-state index is 0.0211. The quantitative estimate of drug-likeness (QED) is 0.664. The smallest absolute Gasteiger partial charge is 0.238 e. The molecule has 1 aliphatic heterocycles. The Hall–Kier alpha value is -1.58. The molecule has 144 valence electrons. The largest absolute Gasteiger partial charge is 0.349 e. The monoisotopic (exact) mass is 399 g/mol. The zero-order chi connectivity index (χ0) is 19.4. The molecule has 0 aliphatic carbocycles. The maximum absolute atomic E-state index is 12.2. The maximum Gasteiger partial charge on any atom is 0.238 e. The van der Waals surface area contributed by atoms with Gasteiger partial charge in [-0.15, -0.1) is 11.8 Å². The Bertz CT molecular complexity index is 782. The molecule has 9 heteroatoms. The third-order valence-corrected chi connectivity index (χ3v) is 6.85. The van der Waals surface area contributed by atoms with Crippen molar-refractivity contribution in [2.45, 2.75) is 23.8 Å². The summed E-state index contributed by atoms with van der Waals surface area (Å²) in [5.41, 5.74) is 0.0163. The summed E-state index contributed by atoms with van der Waals surface area (Å²) in [5.74, 6) is -0.445. The Balaban J connectivity index is 1.83. The van der Waals surface area contributed by atoms with Crippen LogP contribution in [0.15, 0.2) is 29.2 Å². The van der Waals surface area contributed by atoms with Crippen molar-refractivity contribution in [3.63, 3.8) is 0 Å². The number of carbonyl (C=O) groups excluding carboxylic acids is 2. The number of thioether (sulfide) groups is 1. The fourth-order valence-corrected chi connectivity index (χ4v) is 5.62. The molecule has 0 bridgehead atoms. The number of sulfone groups is 1. The summed E-state index contributed by atoms with van der Waals surface area (Å²) < 4.78 is 23.2. The molecule has 1 saturated heterocycles. The second-order valence-electron chi connectivity index (χ2n) is 6.87. The lowest BCUT2D eigenvalue weighted by molar-refractivity contribution is -0.124. The van der Waals surface area contributed by atoms with Crippen molar-refractivity contribution in [1.82, 2.24) is 10.2 Å². The van der Waals surface area contributed by atoms with Crippen LogP contribution in [0.25, 0.3) is 0 Å². The van der Waals surface area contributed by atoms with Crippen molar-refractivity contribution in [2.75, 3.05) is 43.2 Å². The van der Waals surface area contributed by atoms with Crippen LogP contribution in [0, 0.1) is 0 Å². The Kier molecular flexibility index (Phi) is 6.70. The molecule has 0 spiro atoms. The van der Waals surface area contributed by atoms with E-state index >= 15 is 0 Å². The maximum atomic E-state index is 12.2. The van der Waals surface area contributed by atoms with Crippen molar-refractivity contribution < 1.29 is 18.0 Å². The number of benzene rings is 1. The zero-order valence-corrected chi connectivity index (χ0v) is 16.9. The van der Waals surface area contributed by atoms with Crippen LogP contribution in [0.2, 0.25) is 0 Å². The predicted octanol–water partition coefficient (Wildman–Crippen LogP) is 0.972. The van der Waals surface area contributed by atoms with E-state index in [0.29, 0.717) is 6.42 Å². The highest BCUT2D eigenvalue weighted by atomic mass is 32.2. The third-order valence-electron chi connectivity index (χ3n) is 4.15. The lowest BCUT2D eigenvalue weighted by atomic mass is 10.0. The summed E-state index contributed by atoms with van der Waals surface area (Å²) in [4.78, 5) is 26.9. The molecule has 0 radical (unpaired) electrons. The number of carbonyl (C=O) groups is 2. The highest BCUT2D eigenvalue weighted by Crippen LogP contribution is 2.24. The van der Waals surface area contributed by atoms with Gasteiger partial charge in [-0.3, -0.25) is 14.5 Å². The van der Waals surface area contributed by atoms with Crippen molar-refractivity contribution >= 4 is 39.1 Å². The van der Waals surface area contributed by atoms with Gasteiger partial charge in [-0.25, -0.2) is 8.42 Å². The molecule has 1 aliphatic rings. The number of amides is 2. The standard InChI is InChI=1S/C17H25N3O4S2/c1-17(8-9-26(23,24)12-17)19-16(22)11-20(2)10-15(21)18-13-6-4-5-7-14(13)25-3/h4-7H,8-12H2,1-3H3,(H,18,21)(H,19,22)/t17-/m1/s1. The first-order valence-corrected chi connectivity index (χ1v) is 11.3. The van der Waals surface area contributed by atoms with Gasteiger partial charge >= 0.3 is 0 Å². The number of nitrogens with one attached hydrogen (secondary N) is 2. The van der Waals surface area contributed by atoms with Gasteiger partial charge in [0.2, 0.25) is 11.8 Å². The van der Waals surface area contributed by atoms with Gasteiger partial charge < -0.3 is 10.6 Å². The van der Waals surface area contributed by atoms with E-state index in [1.165, 1.54) is 0 Å². The number of hydrogen-bond acceptors (Lipinski definition) is 6. The predicted molar refractivity (Wildman–Crippen MR) is 104 cm³/mol. The first-order valence-electron chi connectivity index (χ1n) is 8.25. The summed E-state index contributed by atoms with van der Waals surface area (Å²) in [6.07, 6.45) is 2.35. The molecular formula is C17H25N3O4S2. The molecule has 26 heavy (non-hydrogen) atoms. The topological polar surface area (TPSA) is 95.6 Å². The molecule has 1 aromatic carbocycles. The normalized spacial score (nSPS) is 21.5. The molecule has 1 fully saturated rings. The van der Waals surface area contributed by atoms with Gasteiger partial charge in [0.1, 0.15) is 0 Å². The van der Waals surface area contributed by atoms with E-state index in [4.69, 9.17) is 0 Å². The number of rotatable bonds is 7. The van der Waals surface area contributed by atoms with Crippen molar-refractivity contribution in [1.29, 1.82) is 0 Å². The fourth-order valence-electron chi connectivity index (χ4n) is 2.97. The molecule has 1 aromatic rings. The van der Waals surface area contributed by atoms with Gasteiger partial charge in [-0.1, -0.05) is 12.1 Å². The molecule has 0 saturated carbocycles. The Morgan fingerprint density at radius 1 is 1.23 bits per heavy atom. The lowest BCUT2D eigenvalue weighted by Crippen LogP contribution is -2.50. The van der Waals surface area contributed by atoms with Crippen molar-refractivity contribution in [3.05, 3.63) is 24.3 Å². The number of anilines is 1. The van der Waals surface area contributed by atoms with Crippen LogP contribution in [0.1, 0.15) is 13.3 Å². The second kappa shape index (κ2) is 8.41. The number of para-hydroxylation sites is 1. The molecule has 7 nitrogen and oxygen atoms in total. The Morgan fingerprint density at radius 2 is 1.88 bits per heavy atom. The number of hydrogen-bond donors (Lipinski definition) is 2. The molecule has 0 aromatic heterocycles. The van der Waals surface area contributed by atoms with E-state index in [1.54, 1.807) is 30.6 Å². The summed E-state index contributed by atoms with van der Waals surface area (Å²) in [6, 6.07) is 7.51. The summed E-state index contributed by atoms with van der Waals surface area (Å²) in [5, 5.41) is 5.63. The van der Waals surface area contributed by atoms with Crippen LogP contribution in [-0.4, -0.2) is 68.6 Å². The highest BCUT2D eigenvalue weighted by molar-refractivity contribution is 7.98. The second-order valence-corrected chi connectivity index (χ2v) is 9.90. The highest BCUT2D eigenvalue weighted by Gasteiger charge is 2.39. The van der Waals surface area contributed by atoms with Crippen LogP contribution in [0.4, 0.5) is 5.69 Å². The van der Waals surface area contributed by atoms with Gasteiger partial charge in [0.25, 0.3) is 0 Å². The molecule has 1 atom stereocenters. The minimum Gasteiger partial charge on any atom is -0.349 e.